The number of hydrogen-bond acceptors (Lipinski definition) is 4. The summed E-state index contributed by atoms with van der Waals surface area (Å²) in [5, 5.41) is 9.36. The average molecular weight is 257 g/mol. The van der Waals surface area contributed by atoms with Crippen LogP contribution in [0, 0.1) is 5.92 Å². The summed E-state index contributed by atoms with van der Waals surface area (Å²) in [7, 11) is -3.35. The summed E-state index contributed by atoms with van der Waals surface area (Å²) in [5.74, 6) is 0.973. The average Bonchev–Trinajstić information content (AvgIpc) is 3.00. The van der Waals surface area contributed by atoms with Crippen molar-refractivity contribution in [2.45, 2.75) is 12.8 Å². The third kappa shape index (κ3) is 3.81. The molecule has 2 rings (SSSR count). The summed E-state index contributed by atoms with van der Waals surface area (Å²) in [6, 6.07) is 4.31. The largest absolute Gasteiger partial charge is 0.508 e. The highest BCUT2D eigenvalue weighted by atomic mass is 32.2. The number of sulfonamides is 1. The van der Waals surface area contributed by atoms with Gasteiger partial charge in [0, 0.05) is 6.07 Å². The maximum absolute atomic E-state index is 11.2. The fourth-order valence-corrected chi connectivity index (χ4v) is 1.97. The molecule has 0 aromatic heterocycles. The van der Waals surface area contributed by atoms with Gasteiger partial charge in [0.05, 0.1) is 18.6 Å². The van der Waals surface area contributed by atoms with Crippen molar-refractivity contribution in [3.8, 4) is 11.5 Å². The molecule has 0 atom stereocenters. The van der Waals surface area contributed by atoms with Gasteiger partial charge in [-0.25, -0.2) is 8.42 Å². The second-order valence-corrected chi connectivity index (χ2v) is 6.06. The molecule has 1 aliphatic rings. The van der Waals surface area contributed by atoms with E-state index in [2.05, 4.69) is 4.72 Å². The minimum atomic E-state index is -3.35. The van der Waals surface area contributed by atoms with E-state index in [4.69, 9.17) is 4.74 Å². The highest BCUT2D eigenvalue weighted by molar-refractivity contribution is 7.92. The van der Waals surface area contributed by atoms with Gasteiger partial charge in [0.25, 0.3) is 0 Å². The number of aromatic hydroxyl groups is 1. The van der Waals surface area contributed by atoms with E-state index in [1.807, 2.05) is 0 Å². The molecule has 0 radical (unpaired) electrons. The zero-order valence-electron chi connectivity index (χ0n) is 9.51. The van der Waals surface area contributed by atoms with Crippen molar-refractivity contribution in [2.75, 3.05) is 17.6 Å². The van der Waals surface area contributed by atoms with Crippen LogP contribution < -0.4 is 9.46 Å². The molecule has 2 N–H and O–H groups in total. The first-order valence-corrected chi connectivity index (χ1v) is 7.27. The Labute approximate surface area is 100 Å². The number of benzene rings is 1. The quantitative estimate of drug-likeness (QED) is 0.785. The Morgan fingerprint density at radius 2 is 2.18 bits per heavy atom. The zero-order chi connectivity index (χ0) is 12.5. The molecule has 1 aromatic rings. The van der Waals surface area contributed by atoms with E-state index in [1.165, 1.54) is 18.2 Å². The van der Waals surface area contributed by atoms with Gasteiger partial charge in [0.15, 0.2) is 0 Å². The molecule has 1 aliphatic carbocycles. The van der Waals surface area contributed by atoms with Crippen molar-refractivity contribution in [1.29, 1.82) is 0 Å². The van der Waals surface area contributed by atoms with Crippen LogP contribution >= 0.6 is 0 Å². The van der Waals surface area contributed by atoms with Gasteiger partial charge < -0.3 is 9.84 Å². The van der Waals surface area contributed by atoms with E-state index in [0.717, 1.165) is 19.1 Å². The molecule has 0 unspecified atom stereocenters. The maximum Gasteiger partial charge on any atom is 0.229 e. The Hall–Kier alpha value is -1.43. The Morgan fingerprint density at radius 3 is 2.76 bits per heavy atom. The van der Waals surface area contributed by atoms with Crippen LogP contribution in [0.3, 0.4) is 0 Å². The number of hydrogen-bond donors (Lipinski definition) is 2. The van der Waals surface area contributed by atoms with Crippen LogP contribution in [0.1, 0.15) is 12.8 Å². The number of ether oxygens (including phenoxy) is 1. The van der Waals surface area contributed by atoms with Crippen LogP contribution in [0.4, 0.5) is 5.69 Å². The van der Waals surface area contributed by atoms with Crippen molar-refractivity contribution < 1.29 is 18.3 Å². The molecule has 0 spiro atoms. The molecule has 6 heteroatoms. The van der Waals surface area contributed by atoms with Crippen molar-refractivity contribution in [2.24, 2.45) is 5.92 Å². The smallest absolute Gasteiger partial charge is 0.229 e. The lowest BCUT2D eigenvalue weighted by Gasteiger charge is -2.12. The van der Waals surface area contributed by atoms with Gasteiger partial charge in [-0.1, -0.05) is 0 Å². The summed E-state index contributed by atoms with van der Waals surface area (Å²) in [4.78, 5) is 0. The highest BCUT2D eigenvalue weighted by Gasteiger charge is 2.22. The van der Waals surface area contributed by atoms with Crippen LogP contribution in [0.2, 0.25) is 0 Å². The van der Waals surface area contributed by atoms with Crippen LogP contribution in [0.5, 0.6) is 11.5 Å². The third-order valence-corrected chi connectivity index (χ3v) is 3.02. The van der Waals surface area contributed by atoms with Gasteiger partial charge in [0.1, 0.15) is 11.5 Å². The molecule has 17 heavy (non-hydrogen) atoms. The number of phenolic OH excluding ortho intramolecular Hbond substituents is 1. The lowest BCUT2D eigenvalue weighted by atomic mass is 10.3. The van der Waals surface area contributed by atoms with Crippen molar-refractivity contribution >= 4 is 15.7 Å². The van der Waals surface area contributed by atoms with Gasteiger partial charge in [-0.2, -0.15) is 0 Å². The van der Waals surface area contributed by atoms with Crippen molar-refractivity contribution in [1.82, 2.24) is 0 Å². The fourth-order valence-electron chi connectivity index (χ4n) is 1.41. The van der Waals surface area contributed by atoms with Gasteiger partial charge in [0.2, 0.25) is 10.0 Å². The molecule has 0 heterocycles. The summed E-state index contributed by atoms with van der Waals surface area (Å²) >= 11 is 0. The number of phenols is 1. The Morgan fingerprint density at radius 1 is 1.47 bits per heavy atom. The molecular formula is C11H15NO4S. The molecule has 0 bridgehead atoms. The lowest BCUT2D eigenvalue weighted by Crippen LogP contribution is -2.11. The predicted molar refractivity (Wildman–Crippen MR) is 64.8 cm³/mol. The van der Waals surface area contributed by atoms with E-state index < -0.39 is 10.0 Å². The summed E-state index contributed by atoms with van der Waals surface area (Å²) in [5.41, 5.74) is 0.353. The normalized spacial score (nSPS) is 15.6. The third-order valence-electron chi connectivity index (χ3n) is 2.43. The fraction of sp³-hybridized carbons (Fsp3) is 0.455. The van der Waals surface area contributed by atoms with E-state index in [0.29, 0.717) is 24.0 Å². The van der Waals surface area contributed by atoms with Gasteiger partial charge in [-0.3, -0.25) is 4.72 Å². The minimum absolute atomic E-state index is 0.0508. The molecule has 1 fully saturated rings. The van der Waals surface area contributed by atoms with Gasteiger partial charge in [-0.15, -0.1) is 0 Å². The first kappa shape index (κ1) is 12.0. The summed E-state index contributed by atoms with van der Waals surface area (Å²) in [6.45, 7) is 0.557. The van der Waals surface area contributed by atoms with Gasteiger partial charge in [-0.05, 0) is 30.9 Å². The summed E-state index contributed by atoms with van der Waals surface area (Å²) in [6.07, 6.45) is 3.37. The Kier molecular flexibility index (Phi) is 3.15. The van der Waals surface area contributed by atoms with E-state index >= 15 is 0 Å². The lowest BCUT2D eigenvalue weighted by molar-refractivity contribution is 0.300. The van der Waals surface area contributed by atoms with Crippen LogP contribution in [-0.4, -0.2) is 26.4 Å². The second kappa shape index (κ2) is 4.44. The molecule has 0 saturated heterocycles. The monoisotopic (exact) mass is 257 g/mol. The first-order valence-electron chi connectivity index (χ1n) is 5.37. The molecule has 5 nitrogen and oxygen atoms in total. The topological polar surface area (TPSA) is 75.6 Å². The molecule has 0 amide bonds. The second-order valence-electron chi connectivity index (χ2n) is 4.31. The molecular weight excluding hydrogens is 242 g/mol. The van der Waals surface area contributed by atoms with Crippen molar-refractivity contribution in [3.05, 3.63) is 18.2 Å². The van der Waals surface area contributed by atoms with E-state index in [1.54, 1.807) is 0 Å². The predicted octanol–water partition coefficient (Wildman–Crippen LogP) is 1.55. The highest BCUT2D eigenvalue weighted by Crippen LogP contribution is 2.33. The number of rotatable bonds is 5. The Bertz CT molecular complexity index is 508. The van der Waals surface area contributed by atoms with Crippen molar-refractivity contribution in [3.63, 3.8) is 0 Å². The van der Waals surface area contributed by atoms with Gasteiger partial charge >= 0.3 is 0 Å². The number of nitrogens with one attached hydrogen (secondary N) is 1. The standard InChI is InChI=1S/C11H15NO4S/c1-17(14,15)12-10-5-4-9(13)6-11(10)16-7-8-2-3-8/h4-6,8,12-13H,2-3,7H2,1H3. The molecule has 1 aromatic carbocycles. The van der Waals surface area contributed by atoms with E-state index in [9.17, 15) is 13.5 Å². The minimum Gasteiger partial charge on any atom is -0.508 e. The summed E-state index contributed by atoms with van der Waals surface area (Å²) < 4.78 is 30.2. The van der Waals surface area contributed by atoms with Crippen LogP contribution in [0.15, 0.2) is 18.2 Å². The van der Waals surface area contributed by atoms with Crippen LogP contribution in [-0.2, 0) is 10.0 Å². The Balaban J connectivity index is 2.16. The molecule has 0 aliphatic heterocycles. The van der Waals surface area contributed by atoms with E-state index in [-0.39, 0.29) is 5.75 Å². The SMILES string of the molecule is CS(=O)(=O)Nc1ccc(O)cc1OCC1CC1. The molecule has 94 valence electrons. The zero-order valence-corrected chi connectivity index (χ0v) is 10.3. The maximum atomic E-state index is 11.2. The first-order chi connectivity index (χ1) is 7.94. The molecule has 1 saturated carbocycles. The number of anilines is 1. The van der Waals surface area contributed by atoms with Crippen LogP contribution in [0.25, 0.3) is 0 Å².